The Hall–Kier alpha value is -0.820. The van der Waals surface area contributed by atoms with Gasteiger partial charge in [-0.15, -0.1) is 0 Å². The largest absolute Gasteiger partial charge is 0.389 e. The maximum atomic E-state index is 9.91. The molecule has 0 saturated carbocycles. The Kier molecular flexibility index (Phi) is 4.55. The molecule has 1 unspecified atom stereocenters. The van der Waals surface area contributed by atoms with Gasteiger partial charge in [0.25, 0.3) is 0 Å². The van der Waals surface area contributed by atoms with E-state index in [0.717, 1.165) is 24.8 Å². The number of hydrogen-bond donors (Lipinski definition) is 1. The van der Waals surface area contributed by atoms with Gasteiger partial charge >= 0.3 is 0 Å². The van der Waals surface area contributed by atoms with Crippen molar-refractivity contribution in [2.45, 2.75) is 53.1 Å². The lowest BCUT2D eigenvalue weighted by molar-refractivity contribution is 0.200. The SMILES string of the molecule is C/C1=C\CC(C)(C)/C=C\C=C(/C)C(O)CC1. The average Bonchev–Trinajstić information content (AvgIpc) is 2.23. The topological polar surface area (TPSA) is 20.2 Å². The Balaban J connectivity index is 2.90. The Morgan fingerprint density at radius 3 is 2.69 bits per heavy atom. The maximum absolute atomic E-state index is 9.91. The monoisotopic (exact) mass is 220 g/mol. The van der Waals surface area contributed by atoms with Gasteiger partial charge in [0.1, 0.15) is 0 Å². The van der Waals surface area contributed by atoms with Crippen LogP contribution in [0, 0.1) is 5.41 Å². The van der Waals surface area contributed by atoms with Gasteiger partial charge in [-0.1, -0.05) is 43.7 Å². The van der Waals surface area contributed by atoms with Gasteiger partial charge in [0.05, 0.1) is 6.10 Å². The van der Waals surface area contributed by atoms with Crippen LogP contribution in [0.15, 0.2) is 35.5 Å². The van der Waals surface area contributed by atoms with E-state index in [1.807, 2.05) is 13.0 Å². The minimum atomic E-state index is -0.297. The second-order valence-electron chi connectivity index (χ2n) is 5.57. The molecule has 1 N–H and O–H groups in total. The molecule has 1 aliphatic carbocycles. The van der Waals surface area contributed by atoms with Crippen LogP contribution in [0.5, 0.6) is 0 Å². The van der Waals surface area contributed by atoms with E-state index in [0.29, 0.717) is 0 Å². The van der Waals surface area contributed by atoms with Crippen molar-refractivity contribution in [3.05, 3.63) is 35.5 Å². The molecule has 0 aromatic rings. The van der Waals surface area contributed by atoms with Crippen LogP contribution in [0.2, 0.25) is 0 Å². The highest BCUT2D eigenvalue weighted by atomic mass is 16.3. The van der Waals surface area contributed by atoms with E-state index < -0.39 is 0 Å². The molecule has 90 valence electrons. The third-order valence-electron chi connectivity index (χ3n) is 3.22. The molecule has 0 fully saturated rings. The van der Waals surface area contributed by atoms with Crippen LogP contribution in [0.3, 0.4) is 0 Å². The lowest BCUT2D eigenvalue weighted by Gasteiger charge is -2.17. The number of allylic oxidation sites excluding steroid dienone is 5. The summed E-state index contributed by atoms with van der Waals surface area (Å²) in [5.41, 5.74) is 2.64. The van der Waals surface area contributed by atoms with Gasteiger partial charge in [-0.2, -0.15) is 0 Å². The van der Waals surface area contributed by atoms with Crippen LogP contribution in [0.4, 0.5) is 0 Å². The summed E-state index contributed by atoms with van der Waals surface area (Å²) >= 11 is 0. The third-order valence-corrected chi connectivity index (χ3v) is 3.22. The first-order chi connectivity index (χ1) is 7.41. The zero-order chi connectivity index (χ0) is 12.2. The molecular formula is C15H24O. The third kappa shape index (κ3) is 4.36. The summed E-state index contributed by atoms with van der Waals surface area (Å²) in [6.45, 7) is 8.64. The van der Waals surface area contributed by atoms with Crippen LogP contribution in [0.1, 0.15) is 47.0 Å². The van der Waals surface area contributed by atoms with Crippen LogP contribution in [-0.2, 0) is 0 Å². The summed E-state index contributed by atoms with van der Waals surface area (Å²) in [6.07, 6.45) is 11.2. The molecule has 1 rings (SSSR count). The van der Waals surface area contributed by atoms with Crippen molar-refractivity contribution in [1.82, 2.24) is 0 Å². The van der Waals surface area contributed by atoms with Crippen LogP contribution in [0.25, 0.3) is 0 Å². The Labute approximate surface area is 99.6 Å². The van der Waals surface area contributed by atoms with Crippen molar-refractivity contribution in [2.75, 3.05) is 0 Å². The molecule has 0 saturated heterocycles. The van der Waals surface area contributed by atoms with Gasteiger partial charge in [0, 0.05) is 0 Å². The fourth-order valence-corrected chi connectivity index (χ4v) is 1.77. The summed E-state index contributed by atoms with van der Waals surface area (Å²) < 4.78 is 0. The highest BCUT2D eigenvalue weighted by Crippen LogP contribution is 2.25. The molecule has 0 aromatic heterocycles. The van der Waals surface area contributed by atoms with Crippen molar-refractivity contribution in [1.29, 1.82) is 0 Å². The Morgan fingerprint density at radius 2 is 2.00 bits per heavy atom. The minimum Gasteiger partial charge on any atom is -0.389 e. The molecule has 0 amide bonds. The van der Waals surface area contributed by atoms with Crippen LogP contribution in [-0.4, -0.2) is 11.2 Å². The predicted molar refractivity (Wildman–Crippen MR) is 70.3 cm³/mol. The number of rotatable bonds is 0. The molecule has 0 heterocycles. The van der Waals surface area contributed by atoms with Crippen molar-refractivity contribution < 1.29 is 5.11 Å². The molecule has 16 heavy (non-hydrogen) atoms. The van der Waals surface area contributed by atoms with Crippen molar-refractivity contribution >= 4 is 0 Å². The zero-order valence-corrected chi connectivity index (χ0v) is 11.0. The normalized spacial score (nSPS) is 35.2. The Bertz CT molecular complexity index is 318. The molecule has 0 aromatic carbocycles. The highest BCUT2D eigenvalue weighted by molar-refractivity contribution is 5.18. The second kappa shape index (κ2) is 5.49. The molecular weight excluding hydrogens is 196 g/mol. The molecule has 0 radical (unpaired) electrons. The molecule has 0 bridgehead atoms. The van der Waals surface area contributed by atoms with Crippen molar-refractivity contribution in [3.63, 3.8) is 0 Å². The van der Waals surface area contributed by atoms with E-state index in [1.165, 1.54) is 5.57 Å². The fourth-order valence-electron chi connectivity index (χ4n) is 1.77. The van der Waals surface area contributed by atoms with Gasteiger partial charge in [-0.05, 0) is 44.1 Å². The summed E-state index contributed by atoms with van der Waals surface area (Å²) in [6, 6.07) is 0. The van der Waals surface area contributed by atoms with Gasteiger partial charge in [0.15, 0.2) is 0 Å². The summed E-state index contributed by atoms with van der Waals surface area (Å²) in [5.74, 6) is 0. The molecule has 1 nitrogen and oxygen atoms in total. The summed E-state index contributed by atoms with van der Waals surface area (Å²) in [7, 11) is 0. The average molecular weight is 220 g/mol. The summed E-state index contributed by atoms with van der Waals surface area (Å²) in [4.78, 5) is 0. The molecule has 1 aliphatic rings. The standard InChI is InChI=1S/C15H24O/c1-12-7-8-14(16)13(2)6-5-10-15(3,4)11-9-12/h5-6,9-10,14,16H,7-8,11H2,1-4H3/b10-5-,12-9+,13-6+. The maximum Gasteiger partial charge on any atom is 0.0753 e. The first-order valence-electron chi connectivity index (χ1n) is 6.10. The van der Waals surface area contributed by atoms with E-state index in [1.54, 1.807) is 0 Å². The lowest BCUT2D eigenvalue weighted by atomic mass is 9.88. The smallest absolute Gasteiger partial charge is 0.0753 e. The van der Waals surface area contributed by atoms with Crippen molar-refractivity contribution in [2.24, 2.45) is 5.41 Å². The number of hydrogen-bond acceptors (Lipinski definition) is 1. The molecule has 0 spiro atoms. The van der Waals surface area contributed by atoms with Gasteiger partial charge in [-0.25, -0.2) is 0 Å². The van der Waals surface area contributed by atoms with E-state index in [-0.39, 0.29) is 11.5 Å². The van der Waals surface area contributed by atoms with Gasteiger partial charge in [-0.3, -0.25) is 0 Å². The highest BCUT2D eigenvalue weighted by Gasteiger charge is 2.13. The minimum absolute atomic E-state index is 0.202. The van der Waals surface area contributed by atoms with E-state index >= 15 is 0 Å². The number of aliphatic hydroxyl groups is 1. The van der Waals surface area contributed by atoms with Crippen LogP contribution >= 0.6 is 0 Å². The van der Waals surface area contributed by atoms with Gasteiger partial charge < -0.3 is 5.11 Å². The second-order valence-corrected chi connectivity index (χ2v) is 5.57. The quantitative estimate of drug-likeness (QED) is 0.612. The zero-order valence-electron chi connectivity index (χ0n) is 11.0. The molecule has 0 aliphatic heterocycles. The van der Waals surface area contributed by atoms with Crippen LogP contribution < -0.4 is 0 Å². The first-order valence-corrected chi connectivity index (χ1v) is 6.10. The van der Waals surface area contributed by atoms with Crippen molar-refractivity contribution in [3.8, 4) is 0 Å². The van der Waals surface area contributed by atoms with E-state index in [4.69, 9.17) is 0 Å². The number of aliphatic hydroxyl groups excluding tert-OH is 1. The lowest BCUT2D eigenvalue weighted by Crippen LogP contribution is -2.07. The fraction of sp³-hybridized carbons (Fsp3) is 0.600. The van der Waals surface area contributed by atoms with Gasteiger partial charge in [0.2, 0.25) is 0 Å². The first kappa shape index (κ1) is 13.2. The molecule has 1 heteroatoms. The Morgan fingerprint density at radius 1 is 1.31 bits per heavy atom. The molecule has 1 atom stereocenters. The van der Waals surface area contributed by atoms with E-state index in [2.05, 4.69) is 39.0 Å². The summed E-state index contributed by atoms with van der Waals surface area (Å²) in [5, 5.41) is 9.91. The van der Waals surface area contributed by atoms with E-state index in [9.17, 15) is 5.11 Å². The predicted octanol–water partition coefficient (Wildman–Crippen LogP) is 4.01.